The molecule has 19 heavy (non-hydrogen) atoms. The summed E-state index contributed by atoms with van der Waals surface area (Å²) in [5, 5.41) is 3.04. The van der Waals surface area contributed by atoms with Crippen LogP contribution in [-0.2, 0) is 14.8 Å². The molecule has 106 valence electrons. The summed E-state index contributed by atoms with van der Waals surface area (Å²) in [4.78, 5) is 4.01. The molecule has 1 aromatic rings. The van der Waals surface area contributed by atoms with E-state index in [0.717, 1.165) is 0 Å². The molecule has 1 saturated heterocycles. The standard InChI is InChI=1S/C11H16ClN3O3S/c1-11(3-4-18-7-11)15-19(16,17)8-5-9(12)10(13-2)14-6-8/h5-6,15H,3-4,7H2,1-2H3,(H,13,14). The third kappa shape index (κ3) is 3.17. The van der Waals surface area contributed by atoms with E-state index in [0.29, 0.717) is 25.5 Å². The van der Waals surface area contributed by atoms with E-state index in [1.54, 1.807) is 7.05 Å². The predicted molar refractivity (Wildman–Crippen MR) is 73.0 cm³/mol. The Balaban J connectivity index is 2.27. The lowest BCUT2D eigenvalue weighted by Gasteiger charge is -2.23. The molecule has 8 heteroatoms. The van der Waals surface area contributed by atoms with Gasteiger partial charge in [0.25, 0.3) is 0 Å². The number of anilines is 1. The van der Waals surface area contributed by atoms with Crippen LogP contribution < -0.4 is 10.0 Å². The summed E-state index contributed by atoms with van der Waals surface area (Å²) < 4.78 is 32.4. The maximum atomic E-state index is 12.3. The van der Waals surface area contributed by atoms with Gasteiger partial charge in [0, 0.05) is 19.9 Å². The van der Waals surface area contributed by atoms with Gasteiger partial charge in [0.2, 0.25) is 10.0 Å². The Labute approximate surface area is 117 Å². The predicted octanol–water partition coefficient (Wildman–Crippen LogP) is 1.23. The van der Waals surface area contributed by atoms with Crippen molar-refractivity contribution in [1.82, 2.24) is 9.71 Å². The Bertz CT molecular complexity index is 571. The number of ether oxygens (including phenoxy) is 1. The number of aromatic nitrogens is 1. The third-order valence-electron chi connectivity index (χ3n) is 2.96. The largest absolute Gasteiger partial charge is 0.379 e. The number of nitrogens with zero attached hydrogens (tertiary/aromatic N) is 1. The SMILES string of the molecule is CNc1ncc(S(=O)(=O)NC2(C)CCOC2)cc1Cl. The Morgan fingerprint density at radius 2 is 2.26 bits per heavy atom. The molecule has 0 radical (unpaired) electrons. The van der Waals surface area contributed by atoms with Gasteiger partial charge >= 0.3 is 0 Å². The van der Waals surface area contributed by atoms with Crippen LogP contribution >= 0.6 is 11.6 Å². The molecule has 1 fully saturated rings. The molecule has 1 unspecified atom stereocenters. The lowest BCUT2D eigenvalue weighted by atomic mass is 10.0. The highest BCUT2D eigenvalue weighted by molar-refractivity contribution is 7.89. The van der Waals surface area contributed by atoms with Crippen LogP contribution in [0.1, 0.15) is 13.3 Å². The third-order valence-corrected chi connectivity index (χ3v) is 4.86. The quantitative estimate of drug-likeness (QED) is 0.874. The first-order valence-corrected chi connectivity index (χ1v) is 7.67. The van der Waals surface area contributed by atoms with Crippen molar-refractivity contribution in [2.24, 2.45) is 0 Å². The molecule has 0 aromatic carbocycles. The smallest absolute Gasteiger partial charge is 0.242 e. The normalized spacial score (nSPS) is 23.5. The fraction of sp³-hybridized carbons (Fsp3) is 0.545. The van der Waals surface area contributed by atoms with Crippen molar-refractivity contribution < 1.29 is 13.2 Å². The summed E-state index contributed by atoms with van der Waals surface area (Å²) >= 11 is 5.94. The molecule has 0 aliphatic carbocycles. The molecular weight excluding hydrogens is 290 g/mol. The van der Waals surface area contributed by atoms with Gasteiger partial charge in [-0.3, -0.25) is 0 Å². The van der Waals surface area contributed by atoms with Crippen LogP contribution in [0, 0.1) is 0 Å². The second kappa shape index (κ2) is 5.24. The highest BCUT2D eigenvalue weighted by Gasteiger charge is 2.34. The molecule has 1 aliphatic heterocycles. The van der Waals surface area contributed by atoms with Crippen LogP contribution in [0.2, 0.25) is 5.02 Å². The molecule has 2 N–H and O–H groups in total. The fourth-order valence-corrected chi connectivity index (χ4v) is 3.60. The second-order valence-electron chi connectivity index (χ2n) is 4.72. The van der Waals surface area contributed by atoms with E-state index in [-0.39, 0.29) is 9.92 Å². The molecule has 1 aromatic heterocycles. The summed E-state index contributed by atoms with van der Waals surface area (Å²) in [6, 6.07) is 1.38. The van der Waals surface area contributed by atoms with Crippen LogP contribution in [0.5, 0.6) is 0 Å². The van der Waals surface area contributed by atoms with Gasteiger partial charge in [-0.1, -0.05) is 11.6 Å². The molecule has 2 heterocycles. The van der Waals surface area contributed by atoms with Crippen LogP contribution in [0.4, 0.5) is 5.82 Å². The topological polar surface area (TPSA) is 80.3 Å². The van der Waals surface area contributed by atoms with Gasteiger partial charge in [-0.15, -0.1) is 0 Å². The monoisotopic (exact) mass is 305 g/mol. The minimum Gasteiger partial charge on any atom is -0.379 e. The van der Waals surface area contributed by atoms with Crippen LogP contribution in [0.15, 0.2) is 17.2 Å². The average molecular weight is 306 g/mol. The summed E-state index contributed by atoms with van der Waals surface area (Å²) in [6.45, 7) is 2.73. The zero-order valence-corrected chi connectivity index (χ0v) is 12.3. The molecular formula is C11H16ClN3O3S. The van der Waals surface area contributed by atoms with Crippen molar-refractivity contribution in [2.75, 3.05) is 25.6 Å². The van der Waals surface area contributed by atoms with Gasteiger partial charge in [0.15, 0.2) is 0 Å². The summed E-state index contributed by atoms with van der Waals surface area (Å²) in [5.74, 6) is 0.441. The number of halogens is 1. The molecule has 0 bridgehead atoms. The van der Waals surface area contributed by atoms with Crippen molar-refractivity contribution in [1.29, 1.82) is 0 Å². The first-order chi connectivity index (χ1) is 8.86. The maximum absolute atomic E-state index is 12.3. The molecule has 2 rings (SSSR count). The lowest BCUT2D eigenvalue weighted by Crippen LogP contribution is -2.46. The molecule has 0 amide bonds. The molecule has 1 aliphatic rings. The Morgan fingerprint density at radius 1 is 1.53 bits per heavy atom. The van der Waals surface area contributed by atoms with E-state index in [4.69, 9.17) is 16.3 Å². The molecule has 0 spiro atoms. The number of nitrogens with one attached hydrogen (secondary N) is 2. The first-order valence-electron chi connectivity index (χ1n) is 5.81. The van der Waals surface area contributed by atoms with E-state index in [1.807, 2.05) is 6.92 Å². The van der Waals surface area contributed by atoms with Crippen molar-refractivity contribution in [2.45, 2.75) is 23.8 Å². The molecule has 6 nitrogen and oxygen atoms in total. The second-order valence-corrected chi connectivity index (χ2v) is 6.81. The van der Waals surface area contributed by atoms with Gasteiger partial charge in [-0.2, -0.15) is 0 Å². The lowest BCUT2D eigenvalue weighted by molar-refractivity contribution is 0.178. The van der Waals surface area contributed by atoms with Gasteiger partial charge < -0.3 is 10.1 Å². The minimum absolute atomic E-state index is 0.0459. The molecule has 0 saturated carbocycles. The first kappa shape index (κ1) is 14.5. The fourth-order valence-electron chi connectivity index (χ4n) is 1.88. The Morgan fingerprint density at radius 3 is 2.79 bits per heavy atom. The van der Waals surface area contributed by atoms with E-state index >= 15 is 0 Å². The summed E-state index contributed by atoms with van der Waals surface area (Å²) in [7, 11) is -1.99. The highest BCUT2D eigenvalue weighted by Crippen LogP contribution is 2.25. The zero-order chi connectivity index (χ0) is 14.1. The number of hydrogen-bond donors (Lipinski definition) is 2. The van der Waals surface area contributed by atoms with Crippen LogP contribution in [-0.4, -0.2) is 39.2 Å². The van der Waals surface area contributed by atoms with E-state index in [9.17, 15) is 8.42 Å². The van der Waals surface area contributed by atoms with Crippen molar-refractivity contribution >= 4 is 27.4 Å². The Kier molecular flexibility index (Phi) is 4.00. The maximum Gasteiger partial charge on any atom is 0.242 e. The Hall–Kier alpha value is -0.890. The summed E-state index contributed by atoms with van der Waals surface area (Å²) in [5.41, 5.74) is -0.576. The van der Waals surface area contributed by atoms with Crippen molar-refractivity contribution in [3.05, 3.63) is 17.3 Å². The minimum atomic E-state index is -3.65. The zero-order valence-electron chi connectivity index (χ0n) is 10.7. The van der Waals surface area contributed by atoms with Gasteiger partial charge in [0.1, 0.15) is 10.7 Å². The number of hydrogen-bond acceptors (Lipinski definition) is 5. The van der Waals surface area contributed by atoms with E-state index in [2.05, 4.69) is 15.0 Å². The van der Waals surface area contributed by atoms with Crippen molar-refractivity contribution in [3.8, 4) is 0 Å². The highest BCUT2D eigenvalue weighted by atomic mass is 35.5. The number of sulfonamides is 1. The number of pyridine rings is 1. The van der Waals surface area contributed by atoms with E-state index < -0.39 is 15.6 Å². The van der Waals surface area contributed by atoms with E-state index in [1.165, 1.54) is 12.3 Å². The van der Waals surface area contributed by atoms with Gasteiger partial charge in [-0.25, -0.2) is 18.1 Å². The van der Waals surface area contributed by atoms with Crippen molar-refractivity contribution in [3.63, 3.8) is 0 Å². The summed E-state index contributed by atoms with van der Waals surface area (Å²) in [6.07, 6.45) is 1.92. The van der Waals surface area contributed by atoms with Crippen LogP contribution in [0.25, 0.3) is 0 Å². The average Bonchev–Trinajstić information content (AvgIpc) is 2.74. The number of rotatable bonds is 4. The van der Waals surface area contributed by atoms with Crippen LogP contribution in [0.3, 0.4) is 0 Å². The van der Waals surface area contributed by atoms with Gasteiger partial charge in [-0.05, 0) is 19.4 Å². The van der Waals surface area contributed by atoms with Gasteiger partial charge in [0.05, 0.1) is 17.2 Å². The molecule has 1 atom stereocenters.